The fourth-order valence-corrected chi connectivity index (χ4v) is 2.22. The number of rotatable bonds is 2. The van der Waals surface area contributed by atoms with E-state index in [1.807, 2.05) is 66.7 Å². The molecule has 2 aromatic heterocycles. The first-order chi connectivity index (χ1) is 12.3. The predicted octanol–water partition coefficient (Wildman–Crippen LogP) is 5.00. The quantitative estimate of drug-likeness (QED) is 0.391. The van der Waals surface area contributed by atoms with E-state index in [0.717, 1.165) is 22.6 Å². The van der Waals surface area contributed by atoms with E-state index in [-0.39, 0.29) is 16.5 Å². The van der Waals surface area contributed by atoms with Crippen molar-refractivity contribution in [2.45, 2.75) is 0 Å². The predicted molar refractivity (Wildman–Crippen MR) is 99.8 cm³/mol. The second-order valence-electron chi connectivity index (χ2n) is 5.23. The number of phenolic OH excluding ortho intramolecular Hbond substituents is 1. The number of aromatic hydroxyl groups is 1. The molecule has 0 bridgehead atoms. The molecule has 26 heavy (non-hydrogen) atoms. The maximum Gasteiger partial charge on any atom is 0.115 e. The number of phenols is 1. The van der Waals surface area contributed by atoms with Crippen molar-refractivity contribution >= 4 is 0 Å². The van der Waals surface area contributed by atoms with Crippen LogP contribution < -0.4 is 0 Å². The van der Waals surface area contributed by atoms with Gasteiger partial charge in [0.25, 0.3) is 0 Å². The summed E-state index contributed by atoms with van der Waals surface area (Å²) in [5, 5.41) is 8.63. The summed E-state index contributed by atoms with van der Waals surface area (Å²) in [6, 6.07) is 31.5. The molecule has 2 heterocycles. The van der Waals surface area contributed by atoms with Gasteiger partial charge in [-0.3, -0.25) is 9.97 Å². The largest absolute Gasteiger partial charge is 0.508 e. The number of pyridine rings is 2. The molecule has 0 aliphatic carbocycles. The molecule has 0 saturated heterocycles. The van der Waals surface area contributed by atoms with Gasteiger partial charge in [0.1, 0.15) is 5.75 Å². The van der Waals surface area contributed by atoms with Crippen molar-refractivity contribution in [1.29, 1.82) is 0 Å². The Morgan fingerprint density at radius 2 is 1.35 bits per heavy atom. The third kappa shape index (κ3) is 5.54. The normalized spacial score (nSPS) is 9.38. The van der Waals surface area contributed by atoms with Crippen LogP contribution in [-0.4, -0.2) is 15.1 Å². The van der Waals surface area contributed by atoms with E-state index in [1.54, 1.807) is 30.5 Å². The zero-order valence-corrected chi connectivity index (χ0v) is 14.9. The summed E-state index contributed by atoms with van der Waals surface area (Å²) >= 11 is 0. The minimum atomic E-state index is 0. The van der Waals surface area contributed by atoms with E-state index >= 15 is 0 Å². The van der Waals surface area contributed by atoms with Crippen molar-refractivity contribution in [3.63, 3.8) is 0 Å². The van der Waals surface area contributed by atoms with Crippen molar-refractivity contribution in [2.24, 2.45) is 0 Å². The number of hydrogen-bond donors (Lipinski definition) is 1. The van der Waals surface area contributed by atoms with Crippen LogP contribution in [0.25, 0.3) is 22.6 Å². The fraction of sp³-hybridized carbons (Fsp3) is 0. The molecule has 0 radical (unpaired) electrons. The molecular formula is C22H17N2NiO-. The standard InChI is InChI=1S/C16H11N2.C6H6O.Ni/c1-2-7-13(8-3-1)14-10-6-11-16(18-14)15-9-4-5-12-17-15;7-6-4-2-1-3-5-6;/h1-7,9-12H;1-5,7H;/q-1;;. The Labute approximate surface area is 163 Å². The zero-order valence-electron chi connectivity index (χ0n) is 13.9. The molecule has 4 aromatic rings. The third-order valence-corrected chi connectivity index (χ3v) is 3.42. The summed E-state index contributed by atoms with van der Waals surface area (Å²) in [7, 11) is 0. The van der Waals surface area contributed by atoms with Gasteiger partial charge < -0.3 is 5.11 Å². The molecule has 0 atom stereocenters. The molecule has 0 unspecified atom stereocenters. The number of hydrogen-bond acceptors (Lipinski definition) is 3. The van der Waals surface area contributed by atoms with Gasteiger partial charge in [0.2, 0.25) is 0 Å². The monoisotopic (exact) mass is 383 g/mol. The molecule has 2 aromatic carbocycles. The molecule has 3 nitrogen and oxygen atoms in total. The summed E-state index contributed by atoms with van der Waals surface area (Å²) in [6.45, 7) is 0. The molecule has 0 spiro atoms. The SMILES string of the molecule is Oc1ccccc1.[Ni].[c-]1ccccc1-c1cccc(-c2ccccn2)n1. The summed E-state index contributed by atoms with van der Waals surface area (Å²) in [4.78, 5) is 8.93. The van der Waals surface area contributed by atoms with Crippen LogP contribution in [0.4, 0.5) is 0 Å². The molecule has 0 fully saturated rings. The van der Waals surface area contributed by atoms with Gasteiger partial charge in [-0.1, -0.05) is 36.4 Å². The number of para-hydroxylation sites is 1. The Balaban J connectivity index is 0.000000258. The Hall–Kier alpha value is -2.97. The van der Waals surface area contributed by atoms with Gasteiger partial charge in [0.15, 0.2) is 0 Å². The van der Waals surface area contributed by atoms with Crippen LogP contribution >= 0.6 is 0 Å². The maximum absolute atomic E-state index is 8.63. The maximum atomic E-state index is 8.63. The van der Waals surface area contributed by atoms with Crippen LogP contribution in [0, 0.1) is 6.07 Å². The van der Waals surface area contributed by atoms with Crippen LogP contribution in [-0.2, 0) is 16.5 Å². The summed E-state index contributed by atoms with van der Waals surface area (Å²) in [5.41, 5.74) is 3.68. The molecule has 1 N–H and O–H groups in total. The first-order valence-corrected chi connectivity index (χ1v) is 7.92. The second kappa shape index (κ2) is 10.1. The van der Waals surface area contributed by atoms with Crippen LogP contribution in [0.3, 0.4) is 0 Å². The molecular weight excluding hydrogens is 367 g/mol. The topological polar surface area (TPSA) is 46.0 Å². The van der Waals surface area contributed by atoms with E-state index in [9.17, 15) is 0 Å². The van der Waals surface area contributed by atoms with Gasteiger partial charge in [0, 0.05) is 22.7 Å². The van der Waals surface area contributed by atoms with E-state index < -0.39 is 0 Å². The minimum absolute atomic E-state index is 0. The average Bonchev–Trinajstić information content (AvgIpc) is 2.71. The zero-order chi connectivity index (χ0) is 17.3. The fourth-order valence-electron chi connectivity index (χ4n) is 2.22. The molecule has 0 aliphatic rings. The van der Waals surface area contributed by atoms with Gasteiger partial charge in [-0.25, -0.2) is 0 Å². The Bertz CT molecular complexity index is 846. The molecule has 0 amide bonds. The van der Waals surface area contributed by atoms with Crippen LogP contribution in [0.2, 0.25) is 0 Å². The number of aromatic nitrogens is 2. The Kier molecular flexibility index (Phi) is 7.54. The minimum Gasteiger partial charge on any atom is -0.508 e. The molecule has 4 heteroatoms. The van der Waals surface area contributed by atoms with Gasteiger partial charge in [-0.05, 0) is 36.0 Å². The number of nitrogens with zero attached hydrogens (tertiary/aromatic N) is 2. The van der Waals surface area contributed by atoms with Crippen molar-refractivity contribution < 1.29 is 21.6 Å². The molecule has 4 rings (SSSR count). The summed E-state index contributed by atoms with van der Waals surface area (Å²) in [6.07, 6.45) is 1.78. The average molecular weight is 384 g/mol. The Morgan fingerprint density at radius 3 is 1.96 bits per heavy atom. The van der Waals surface area contributed by atoms with Gasteiger partial charge >= 0.3 is 0 Å². The van der Waals surface area contributed by atoms with Crippen LogP contribution in [0.1, 0.15) is 0 Å². The summed E-state index contributed by atoms with van der Waals surface area (Å²) < 4.78 is 0. The first kappa shape index (κ1) is 19.4. The molecule has 0 aliphatic heterocycles. The van der Waals surface area contributed by atoms with E-state index in [0.29, 0.717) is 5.75 Å². The third-order valence-electron chi connectivity index (χ3n) is 3.42. The van der Waals surface area contributed by atoms with E-state index in [2.05, 4.69) is 16.0 Å². The number of benzene rings is 2. The van der Waals surface area contributed by atoms with Crippen molar-refractivity contribution in [3.05, 3.63) is 103 Å². The molecule has 132 valence electrons. The van der Waals surface area contributed by atoms with Gasteiger partial charge in [-0.2, -0.15) is 0 Å². The van der Waals surface area contributed by atoms with Crippen LogP contribution in [0.15, 0.2) is 97.2 Å². The van der Waals surface area contributed by atoms with Gasteiger partial charge in [0.05, 0.1) is 11.4 Å². The van der Waals surface area contributed by atoms with Gasteiger partial charge in [-0.15, -0.1) is 35.9 Å². The van der Waals surface area contributed by atoms with E-state index in [1.165, 1.54) is 0 Å². The van der Waals surface area contributed by atoms with Crippen molar-refractivity contribution in [3.8, 4) is 28.4 Å². The van der Waals surface area contributed by atoms with Crippen LogP contribution in [0.5, 0.6) is 5.75 Å². The smallest absolute Gasteiger partial charge is 0.115 e. The van der Waals surface area contributed by atoms with Crippen molar-refractivity contribution in [2.75, 3.05) is 0 Å². The molecule has 0 saturated carbocycles. The second-order valence-corrected chi connectivity index (χ2v) is 5.23. The first-order valence-electron chi connectivity index (χ1n) is 7.92. The summed E-state index contributed by atoms with van der Waals surface area (Å²) in [5.74, 6) is 0.322. The van der Waals surface area contributed by atoms with Crippen molar-refractivity contribution in [1.82, 2.24) is 9.97 Å². The Morgan fingerprint density at radius 1 is 0.654 bits per heavy atom. The van der Waals surface area contributed by atoms with E-state index in [4.69, 9.17) is 5.11 Å².